The highest BCUT2D eigenvalue weighted by molar-refractivity contribution is 6.16. The smallest absolute Gasteiger partial charge is 0.410 e. The van der Waals surface area contributed by atoms with Gasteiger partial charge in [0, 0.05) is 62.8 Å². The first-order chi connectivity index (χ1) is 19.4. The van der Waals surface area contributed by atoms with Gasteiger partial charge < -0.3 is 29.0 Å². The van der Waals surface area contributed by atoms with E-state index in [0.717, 1.165) is 17.5 Å². The first kappa shape index (κ1) is 28.2. The van der Waals surface area contributed by atoms with Crippen molar-refractivity contribution in [2.45, 2.75) is 52.7 Å². The number of pyridine rings is 1. The van der Waals surface area contributed by atoms with Crippen molar-refractivity contribution in [3.05, 3.63) is 47.8 Å². The number of aromatic nitrogens is 4. The van der Waals surface area contributed by atoms with Crippen molar-refractivity contribution < 1.29 is 23.5 Å². The van der Waals surface area contributed by atoms with Crippen LogP contribution in [0, 0.1) is 12.7 Å². The molecule has 1 saturated heterocycles. The predicted molar refractivity (Wildman–Crippen MR) is 154 cm³/mol. The molecule has 0 aliphatic carbocycles. The summed E-state index contributed by atoms with van der Waals surface area (Å²) in [7, 11) is 3.29. The molecule has 1 fully saturated rings. The number of likely N-dealkylation sites (N-methyl/N-ethyl adjacent to an activating group) is 1. The number of carbonyl (C=O) groups is 2. The van der Waals surface area contributed by atoms with Gasteiger partial charge in [0.25, 0.3) is 5.91 Å². The number of methoxy groups -OCH3 is 1. The third-order valence-electron chi connectivity index (χ3n) is 7.10. The zero-order valence-corrected chi connectivity index (χ0v) is 24.5. The van der Waals surface area contributed by atoms with Crippen LogP contribution in [-0.4, -0.2) is 74.5 Å². The largest absolute Gasteiger partial charge is 0.496 e. The number of hydrogen-bond acceptors (Lipinski definition) is 7. The molecule has 0 bridgehead atoms. The molecule has 1 atom stereocenters. The fourth-order valence-corrected chi connectivity index (χ4v) is 5.41. The molecule has 0 unspecified atom stereocenters. The number of hydrogen-bond donors (Lipinski definition) is 1. The van der Waals surface area contributed by atoms with Gasteiger partial charge in [-0.25, -0.2) is 14.2 Å². The highest BCUT2D eigenvalue weighted by Crippen LogP contribution is 2.38. The normalized spacial score (nSPS) is 15.5. The van der Waals surface area contributed by atoms with Crippen LogP contribution in [0.15, 0.2) is 30.7 Å². The maximum absolute atomic E-state index is 14.7. The standard InChI is InChI=1S/C29H36FN7O4/c1-8-37(28(39)41-29(3,4)5)19-9-10-35(15-19)22-12-23(40-7)24(25-20(22)16-34(6)33-25)27(38)32-18-11-21(30)26-31-17(2)13-36(26)14-18/h11-14,16,19H,8-10,15H2,1-7H3,(H,32,38)/t19-/m0/s1. The summed E-state index contributed by atoms with van der Waals surface area (Å²) in [5, 5.41) is 8.17. The highest BCUT2D eigenvalue weighted by Gasteiger charge is 2.34. The quantitative estimate of drug-likeness (QED) is 0.359. The van der Waals surface area contributed by atoms with Gasteiger partial charge in [0.05, 0.1) is 30.2 Å². The van der Waals surface area contributed by atoms with E-state index in [-0.39, 0.29) is 29.0 Å². The predicted octanol–water partition coefficient (Wildman–Crippen LogP) is 4.77. The fourth-order valence-electron chi connectivity index (χ4n) is 5.41. The van der Waals surface area contributed by atoms with Gasteiger partial charge in [0.2, 0.25) is 0 Å². The Kier molecular flexibility index (Phi) is 7.26. The van der Waals surface area contributed by atoms with E-state index in [0.29, 0.717) is 36.6 Å². The van der Waals surface area contributed by atoms with Crippen LogP contribution in [0.1, 0.15) is 50.2 Å². The van der Waals surface area contributed by atoms with Crippen molar-refractivity contribution >= 4 is 39.9 Å². The van der Waals surface area contributed by atoms with Crippen molar-refractivity contribution in [3.8, 4) is 5.75 Å². The number of halogens is 1. The maximum atomic E-state index is 14.7. The number of amides is 2. The van der Waals surface area contributed by atoms with E-state index >= 15 is 0 Å². The van der Waals surface area contributed by atoms with Crippen LogP contribution in [0.25, 0.3) is 16.6 Å². The number of benzene rings is 1. The lowest BCUT2D eigenvalue weighted by Gasteiger charge is -2.31. The third-order valence-corrected chi connectivity index (χ3v) is 7.10. The number of rotatable bonds is 6. The van der Waals surface area contributed by atoms with E-state index in [1.165, 1.54) is 17.6 Å². The molecule has 5 rings (SSSR count). The second-order valence-corrected chi connectivity index (χ2v) is 11.3. The molecule has 0 radical (unpaired) electrons. The average molecular weight is 566 g/mol. The van der Waals surface area contributed by atoms with E-state index in [2.05, 4.69) is 20.3 Å². The van der Waals surface area contributed by atoms with Gasteiger partial charge in [0.1, 0.15) is 22.4 Å². The Hall–Kier alpha value is -4.35. The zero-order valence-electron chi connectivity index (χ0n) is 24.5. The van der Waals surface area contributed by atoms with E-state index in [1.807, 2.05) is 40.0 Å². The molecule has 0 spiro atoms. The van der Waals surface area contributed by atoms with Gasteiger partial charge in [-0.15, -0.1) is 0 Å². The Labute approximate surface area is 237 Å². The number of anilines is 2. The fraction of sp³-hybridized carbons (Fsp3) is 0.448. The van der Waals surface area contributed by atoms with Gasteiger partial charge >= 0.3 is 6.09 Å². The lowest BCUT2D eigenvalue weighted by Crippen LogP contribution is -2.44. The molecule has 1 aliphatic heterocycles. The van der Waals surface area contributed by atoms with Gasteiger partial charge in [-0.3, -0.25) is 9.48 Å². The van der Waals surface area contributed by atoms with Gasteiger partial charge in [0.15, 0.2) is 11.5 Å². The minimum atomic E-state index is -0.580. The average Bonchev–Trinajstić information content (AvgIpc) is 3.60. The second kappa shape index (κ2) is 10.6. The molecule has 218 valence electrons. The Morgan fingerprint density at radius 2 is 1.98 bits per heavy atom. The van der Waals surface area contributed by atoms with Crippen LogP contribution in [0.4, 0.5) is 20.6 Å². The SMILES string of the molecule is CCN(C(=O)OC(C)(C)C)[C@H]1CCN(c2cc(OC)c(C(=O)Nc3cc(F)c4nc(C)cn4c3)c3nn(C)cc23)C1. The number of nitrogens with zero attached hydrogens (tertiary/aromatic N) is 6. The summed E-state index contributed by atoms with van der Waals surface area (Å²) in [5.41, 5.74) is 2.10. The molecule has 41 heavy (non-hydrogen) atoms. The van der Waals surface area contributed by atoms with Crippen LogP contribution >= 0.6 is 0 Å². The second-order valence-electron chi connectivity index (χ2n) is 11.3. The molecule has 1 aromatic carbocycles. The van der Waals surface area contributed by atoms with Crippen molar-refractivity contribution in [1.29, 1.82) is 0 Å². The Balaban J connectivity index is 1.46. The molecule has 2 amide bonds. The number of ether oxygens (including phenoxy) is 2. The zero-order chi connectivity index (χ0) is 29.6. The Morgan fingerprint density at radius 3 is 2.66 bits per heavy atom. The topological polar surface area (TPSA) is 106 Å². The molecule has 4 aromatic rings. The minimum Gasteiger partial charge on any atom is -0.496 e. The van der Waals surface area contributed by atoms with Gasteiger partial charge in [-0.05, 0) is 41.0 Å². The summed E-state index contributed by atoms with van der Waals surface area (Å²) >= 11 is 0. The molecule has 11 nitrogen and oxygen atoms in total. The molecule has 1 aliphatic rings. The van der Waals surface area contributed by atoms with E-state index in [1.54, 1.807) is 35.9 Å². The molecular formula is C29H36FN7O4. The van der Waals surface area contributed by atoms with Crippen molar-refractivity contribution in [2.75, 3.05) is 37.0 Å². The molecule has 12 heteroatoms. The number of fused-ring (bicyclic) bond motifs is 2. The highest BCUT2D eigenvalue weighted by atomic mass is 19.1. The summed E-state index contributed by atoms with van der Waals surface area (Å²) in [4.78, 5) is 34.6. The summed E-state index contributed by atoms with van der Waals surface area (Å²) in [6.07, 6.45) is 5.59. The van der Waals surface area contributed by atoms with Crippen LogP contribution in [0.5, 0.6) is 5.75 Å². The van der Waals surface area contributed by atoms with Gasteiger partial charge in [-0.1, -0.05) is 0 Å². The van der Waals surface area contributed by atoms with E-state index in [4.69, 9.17) is 9.47 Å². The maximum Gasteiger partial charge on any atom is 0.410 e. The summed E-state index contributed by atoms with van der Waals surface area (Å²) in [6, 6.07) is 3.03. The summed E-state index contributed by atoms with van der Waals surface area (Å²) in [6.45, 7) is 11.1. The Morgan fingerprint density at radius 1 is 1.22 bits per heavy atom. The molecule has 0 saturated carbocycles. The minimum absolute atomic E-state index is 0.0350. The molecule has 1 N–H and O–H groups in total. The molecular weight excluding hydrogens is 529 g/mol. The first-order valence-corrected chi connectivity index (χ1v) is 13.6. The van der Waals surface area contributed by atoms with Crippen LogP contribution in [0.2, 0.25) is 0 Å². The number of nitrogens with one attached hydrogen (secondary N) is 1. The van der Waals surface area contributed by atoms with Crippen molar-refractivity contribution in [1.82, 2.24) is 24.1 Å². The lowest BCUT2D eigenvalue weighted by atomic mass is 10.1. The Bertz CT molecular complexity index is 1640. The van der Waals surface area contributed by atoms with Crippen LogP contribution < -0.4 is 15.0 Å². The van der Waals surface area contributed by atoms with Crippen molar-refractivity contribution in [2.24, 2.45) is 7.05 Å². The van der Waals surface area contributed by atoms with Crippen LogP contribution in [0.3, 0.4) is 0 Å². The number of aryl methyl sites for hydroxylation is 2. The number of carbonyl (C=O) groups excluding carboxylic acids is 2. The summed E-state index contributed by atoms with van der Waals surface area (Å²) < 4.78 is 29.2. The molecule has 3 aromatic heterocycles. The van der Waals surface area contributed by atoms with E-state index < -0.39 is 17.3 Å². The van der Waals surface area contributed by atoms with E-state index in [9.17, 15) is 14.0 Å². The monoisotopic (exact) mass is 565 g/mol. The molecule has 4 heterocycles. The van der Waals surface area contributed by atoms with Gasteiger partial charge in [-0.2, -0.15) is 5.10 Å². The third kappa shape index (κ3) is 5.50. The summed E-state index contributed by atoms with van der Waals surface area (Å²) in [5.74, 6) is -0.682. The first-order valence-electron chi connectivity index (χ1n) is 13.6. The van der Waals surface area contributed by atoms with Crippen molar-refractivity contribution in [3.63, 3.8) is 0 Å². The van der Waals surface area contributed by atoms with Crippen LogP contribution in [-0.2, 0) is 11.8 Å². The lowest BCUT2D eigenvalue weighted by molar-refractivity contribution is 0.0190. The number of imidazole rings is 1.